The lowest BCUT2D eigenvalue weighted by Crippen LogP contribution is -2.52. The molecule has 1 aliphatic carbocycles. The first-order valence-corrected chi connectivity index (χ1v) is 6.88. The summed E-state index contributed by atoms with van der Waals surface area (Å²) in [4.78, 5) is 14.5. The van der Waals surface area contributed by atoms with Crippen molar-refractivity contribution in [1.82, 2.24) is 10.2 Å². The minimum atomic E-state index is 0.00860. The van der Waals surface area contributed by atoms with Gasteiger partial charge in [0, 0.05) is 19.2 Å². The number of nitrogens with one attached hydrogen (secondary N) is 1. The van der Waals surface area contributed by atoms with E-state index in [4.69, 9.17) is 5.11 Å². The second-order valence-corrected chi connectivity index (χ2v) is 5.39. The molecule has 0 aromatic rings. The van der Waals surface area contributed by atoms with Gasteiger partial charge in [-0.1, -0.05) is 6.92 Å². The minimum absolute atomic E-state index is 0.00860. The van der Waals surface area contributed by atoms with Gasteiger partial charge in [0.05, 0.1) is 6.04 Å². The Kier molecular flexibility index (Phi) is 4.40. The standard InChI is InChI=1S/C13H24N2O2/c1-10-6-7-14-12(10)13(17)15(8-3-9-16)11-4-2-5-11/h10-12,14,16H,2-9H2,1H3. The number of aliphatic hydroxyl groups is 1. The fourth-order valence-corrected chi connectivity index (χ4v) is 2.76. The van der Waals surface area contributed by atoms with E-state index in [2.05, 4.69) is 12.2 Å². The van der Waals surface area contributed by atoms with E-state index in [0.29, 0.717) is 24.9 Å². The van der Waals surface area contributed by atoms with E-state index in [1.54, 1.807) is 0 Å². The number of aliphatic hydroxyl groups excluding tert-OH is 1. The molecule has 17 heavy (non-hydrogen) atoms. The summed E-state index contributed by atoms with van der Waals surface area (Å²) in [5, 5.41) is 12.2. The van der Waals surface area contributed by atoms with Crippen molar-refractivity contribution in [1.29, 1.82) is 0 Å². The van der Waals surface area contributed by atoms with Gasteiger partial charge in [-0.3, -0.25) is 4.79 Å². The molecule has 2 aliphatic rings. The number of nitrogens with zero attached hydrogens (tertiary/aromatic N) is 1. The van der Waals surface area contributed by atoms with Crippen LogP contribution in [0.1, 0.15) is 39.0 Å². The Morgan fingerprint density at radius 1 is 1.41 bits per heavy atom. The molecule has 2 N–H and O–H groups in total. The van der Waals surface area contributed by atoms with Crippen LogP contribution in [0.25, 0.3) is 0 Å². The third-order valence-electron chi connectivity index (χ3n) is 4.15. The lowest BCUT2D eigenvalue weighted by Gasteiger charge is -2.39. The topological polar surface area (TPSA) is 52.6 Å². The summed E-state index contributed by atoms with van der Waals surface area (Å²) in [6, 6.07) is 0.443. The van der Waals surface area contributed by atoms with Crippen molar-refractivity contribution < 1.29 is 9.90 Å². The van der Waals surface area contributed by atoms with Gasteiger partial charge in [-0.15, -0.1) is 0 Å². The van der Waals surface area contributed by atoms with Crippen LogP contribution in [0.5, 0.6) is 0 Å². The fourth-order valence-electron chi connectivity index (χ4n) is 2.76. The summed E-state index contributed by atoms with van der Waals surface area (Å²) >= 11 is 0. The average Bonchev–Trinajstić information content (AvgIpc) is 2.67. The zero-order valence-corrected chi connectivity index (χ0v) is 10.7. The Bertz CT molecular complexity index is 266. The van der Waals surface area contributed by atoms with Crippen molar-refractivity contribution in [3.05, 3.63) is 0 Å². The quantitative estimate of drug-likeness (QED) is 0.745. The molecule has 4 nitrogen and oxygen atoms in total. The molecule has 0 radical (unpaired) electrons. The highest BCUT2D eigenvalue weighted by atomic mass is 16.3. The zero-order chi connectivity index (χ0) is 12.3. The van der Waals surface area contributed by atoms with Crippen LogP contribution in [0.15, 0.2) is 0 Å². The molecule has 0 aromatic heterocycles. The van der Waals surface area contributed by atoms with E-state index in [1.807, 2.05) is 4.90 Å². The first kappa shape index (κ1) is 12.8. The largest absolute Gasteiger partial charge is 0.396 e. The van der Waals surface area contributed by atoms with Crippen LogP contribution in [0.2, 0.25) is 0 Å². The Labute approximate surface area is 103 Å². The van der Waals surface area contributed by atoms with E-state index >= 15 is 0 Å². The molecule has 98 valence electrons. The Hall–Kier alpha value is -0.610. The summed E-state index contributed by atoms with van der Waals surface area (Å²) in [5.74, 6) is 0.701. The van der Waals surface area contributed by atoms with E-state index in [-0.39, 0.29) is 18.6 Å². The molecule has 2 fully saturated rings. The van der Waals surface area contributed by atoms with Crippen molar-refractivity contribution in [3.8, 4) is 0 Å². The van der Waals surface area contributed by atoms with Crippen molar-refractivity contribution in [2.24, 2.45) is 5.92 Å². The summed E-state index contributed by atoms with van der Waals surface area (Å²) in [6.45, 7) is 3.98. The normalized spacial score (nSPS) is 29.1. The predicted octanol–water partition coefficient (Wildman–Crippen LogP) is 0.748. The van der Waals surface area contributed by atoms with Crippen LogP contribution >= 0.6 is 0 Å². The number of rotatable bonds is 5. The Morgan fingerprint density at radius 3 is 2.65 bits per heavy atom. The van der Waals surface area contributed by atoms with Crippen LogP contribution in [0.4, 0.5) is 0 Å². The third-order valence-corrected chi connectivity index (χ3v) is 4.15. The van der Waals surface area contributed by atoms with Gasteiger partial charge < -0.3 is 15.3 Å². The maximum Gasteiger partial charge on any atom is 0.240 e. The SMILES string of the molecule is CC1CCNC1C(=O)N(CCCO)C1CCC1. The van der Waals surface area contributed by atoms with Crippen LogP contribution in [-0.4, -0.2) is 47.7 Å². The van der Waals surface area contributed by atoms with E-state index in [1.165, 1.54) is 6.42 Å². The number of carbonyl (C=O) groups excluding carboxylic acids is 1. The lowest BCUT2D eigenvalue weighted by atomic mass is 9.90. The molecule has 1 saturated heterocycles. The number of amides is 1. The molecule has 0 spiro atoms. The monoisotopic (exact) mass is 240 g/mol. The molecule has 2 atom stereocenters. The summed E-state index contributed by atoms with van der Waals surface area (Å²) in [6.07, 6.45) is 5.30. The molecule has 2 rings (SSSR count). The Morgan fingerprint density at radius 2 is 2.18 bits per heavy atom. The van der Waals surface area contributed by atoms with Gasteiger partial charge in [0.2, 0.25) is 5.91 Å². The second kappa shape index (κ2) is 5.83. The van der Waals surface area contributed by atoms with E-state index in [0.717, 1.165) is 25.8 Å². The first-order valence-electron chi connectivity index (χ1n) is 6.88. The molecule has 1 heterocycles. The number of carbonyl (C=O) groups is 1. The van der Waals surface area contributed by atoms with Crippen molar-refractivity contribution in [3.63, 3.8) is 0 Å². The van der Waals surface area contributed by atoms with Gasteiger partial charge in [0.1, 0.15) is 0 Å². The summed E-state index contributed by atoms with van der Waals surface area (Å²) < 4.78 is 0. The highest BCUT2D eigenvalue weighted by Crippen LogP contribution is 2.27. The maximum atomic E-state index is 12.5. The molecule has 4 heteroatoms. The maximum absolute atomic E-state index is 12.5. The van der Waals surface area contributed by atoms with Gasteiger partial charge in [-0.05, 0) is 44.6 Å². The van der Waals surface area contributed by atoms with Gasteiger partial charge >= 0.3 is 0 Å². The molecular weight excluding hydrogens is 216 g/mol. The molecule has 1 aliphatic heterocycles. The highest BCUT2D eigenvalue weighted by molar-refractivity contribution is 5.83. The van der Waals surface area contributed by atoms with Crippen LogP contribution in [-0.2, 0) is 4.79 Å². The van der Waals surface area contributed by atoms with Crippen molar-refractivity contribution in [2.75, 3.05) is 19.7 Å². The summed E-state index contributed by atoms with van der Waals surface area (Å²) in [7, 11) is 0. The molecule has 0 aromatic carbocycles. The average molecular weight is 240 g/mol. The van der Waals surface area contributed by atoms with E-state index < -0.39 is 0 Å². The predicted molar refractivity (Wildman–Crippen MR) is 66.6 cm³/mol. The van der Waals surface area contributed by atoms with Crippen LogP contribution in [0, 0.1) is 5.92 Å². The van der Waals surface area contributed by atoms with Crippen LogP contribution in [0.3, 0.4) is 0 Å². The smallest absolute Gasteiger partial charge is 0.240 e. The summed E-state index contributed by atoms with van der Waals surface area (Å²) in [5.41, 5.74) is 0. The van der Waals surface area contributed by atoms with Crippen LogP contribution < -0.4 is 5.32 Å². The number of hydrogen-bond acceptors (Lipinski definition) is 3. The Balaban J connectivity index is 1.95. The van der Waals surface area contributed by atoms with Gasteiger partial charge in [0.15, 0.2) is 0 Å². The van der Waals surface area contributed by atoms with E-state index in [9.17, 15) is 4.79 Å². The lowest BCUT2D eigenvalue weighted by molar-refractivity contribution is -0.138. The third kappa shape index (κ3) is 2.80. The first-order chi connectivity index (χ1) is 8.24. The van der Waals surface area contributed by atoms with Gasteiger partial charge in [0.25, 0.3) is 0 Å². The number of hydrogen-bond donors (Lipinski definition) is 2. The minimum Gasteiger partial charge on any atom is -0.396 e. The fraction of sp³-hybridized carbons (Fsp3) is 0.923. The van der Waals surface area contributed by atoms with Crippen molar-refractivity contribution in [2.45, 2.75) is 51.1 Å². The van der Waals surface area contributed by atoms with Gasteiger partial charge in [-0.2, -0.15) is 0 Å². The van der Waals surface area contributed by atoms with Crippen molar-refractivity contribution >= 4 is 5.91 Å². The van der Waals surface area contributed by atoms with Gasteiger partial charge in [-0.25, -0.2) is 0 Å². The molecular formula is C13H24N2O2. The molecule has 0 bridgehead atoms. The highest BCUT2D eigenvalue weighted by Gasteiger charge is 2.36. The molecule has 2 unspecified atom stereocenters. The second-order valence-electron chi connectivity index (χ2n) is 5.39. The molecule has 1 amide bonds. The zero-order valence-electron chi connectivity index (χ0n) is 10.7. The molecule has 1 saturated carbocycles.